The predicted molar refractivity (Wildman–Crippen MR) is 74.5 cm³/mol. The van der Waals surface area contributed by atoms with Gasteiger partial charge in [0.2, 0.25) is 0 Å². The lowest BCUT2D eigenvalue weighted by atomic mass is 9.99. The summed E-state index contributed by atoms with van der Waals surface area (Å²) in [7, 11) is 2.82. The Bertz CT molecular complexity index is 650. The number of halogens is 1. The van der Waals surface area contributed by atoms with Gasteiger partial charge in [-0.15, -0.1) is 0 Å². The monoisotopic (exact) mass is 274 g/mol. The second-order valence-electron chi connectivity index (χ2n) is 4.37. The van der Waals surface area contributed by atoms with Crippen molar-refractivity contribution in [3.63, 3.8) is 0 Å². The Labute approximate surface area is 117 Å². The first-order valence-corrected chi connectivity index (χ1v) is 6.09. The van der Waals surface area contributed by atoms with Gasteiger partial charge in [0.05, 0.1) is 19.8 Å². The number of methoxy groups -OCH3 is 2. The van der Waals surface area contributed by atoms with Crippen molar-refractivity contribution in [3.8, 4) is 16.9 Å². The van der Waals surface area contributed by atoms with E-state index in [4.69, 9.17) is 4.74 Å². The van der Waals surface area contributed by atoms with Crippen LogP contribution in [0, 0.1) is 12.7 Å². The lowest BCUT2D eigenvalue weighted by Crippen LogP contribution is -2.03. The van der Waals surface area contributed by atoms with Crippen LogP contribution in [0.5, 0.6) is 5.75 Å². The van der Waals surface area contributed by atoms with E-state index in [1.165, 1.54) is 20.3 Å². The molecule has 2 aromatic rings. The summed E-state index contributed by atoms with van der Waals surface area (Å²) < 4.78 is 23.7. The zero-order chi connectivity index (χ0) is 14.7. The summed E-state index contributed by atoms with van der Waals surface area (Å²) in [6.45, 7) is 1.79. The van der Waals surface area contributed by atoms with Crippen LogP contribution in [0.4, 0.5) is 4.39 Å². The van der Waals surface area contributed by atoms with Gasteiger partial charge in [-0.2, -0.15) is 0 Å². The molecule has 3 nitrogen and oxygen atoms in total. The molecule has 0 amide bonds. The minimum absolute atomic E-state index is 0.366. The zero-order valence-electron chi connectivity index (χ0n) is 11.6. The van der Waals surface area contributed by atoms with Crippen molar-refractivity contribution >= 4 is 5.97 Å². The van der Waals surface area contributed by atoms with Gasteiger partial charge in [-0.05, 0) is 36.2 Å². The molecule has 2 aromatic carbocycles. The quantitative estimate of drug-likeness (QED) is 0.802. The van der Waals surface area contributed by atoms with Crippen LogP contribution >= 0.6 is 0 Å². The highest BCUT2D eigenvalue weighted by Gasteiger charge is 2.12. The molecular weight excluding hydrogens is 259 g/mol. The standard InChI is InChI=1S/C16H15FO3/c1-10-8-11(4-6-13(10)16(18)20-3)14-7-5-12(19-2)9-15(14)17/h4-9H,1-3H3. The maximum atomic E-state index is 14.0. The van der Waals surface area contributed by atoms with Crippen LogP contribution in [0.25, 0.3) is 11.1 Å². The molecule has 2 rings (SSSR count). The van der Waals surface area contributed by atoms with E-state index >= 15 is 0 Å². The molecule has 0 saturated carbocycles. The third kappa shape index (κ3) is 2.64. The van der Waals surface area contributed by atoms with E-state index in [1.807, 2.05) is 0 Å². The molecule has 0 N–H and O–H groups in total. The minimum atomic E-state index is -0.399. The van der Waals surface area contributed by atoms with Gasteiger partial charge in [0.1, 0.15) is 11.6 Å². The second-order valence-corrected chi connectivity index (χ2v) is 4.37. The van der Waals surface area contributed by atoms with E-state index < -0.39 is 5.97 Å². The van der Waals surface area contributed by atoms with Gasteiger partial charge < -0.3 is 9.47 Å². The van der Waals surface area contributed by atoms with E-state index in [1.54, 1.807) is 37.3 Å². The van der Waals surface area contributed by atoms with Crippen LogP contribution in [0.3, 0.4) is 0 Å². The van der Waals surface area contributed by atoms with E-state index in [0.29, 0.717) is 22.4 Å². The van der Waals surface area contributed by atoms with Gasteiger partial charge in [-0.25, -0.2) is 9.18 Å². The fourth-order valence-corrected chi connectivity index (χ4v) is 2.03. The molecule has 0 aliphatic heterocycles. The Balaban J connectivity index is 2.44. The molecule has 0 heterocycles. The predicted octanol–water partition coefficient (Wildman–Crippen LogP) is 3.60. The average molecular weight is 274 g/mol. The number of hydrogen-bond donors (Lipinski definition) is 0. The van der Waals surface area contributed by atoms with Crippen LogP contribution in [-0.2, 0) is 4.74 Å². The topological polar surface area (TPSA) is 35.5 Å². The van der Waals surface area contributed by atoms with Gasteiger partial charge >= 0.3 is 5.97 Å². The third-order valence-electron chi connectivity index (χ3n) is 3.12. The van der Waals surface area contributed by atoms with Crippen LogP contribution in [0.2, 0.25) is 0 Å². The molecule has 0 saturated heterocycles. The first-order chi connectivity index (χ1) is 9.56. The Hall–Kier alpha value is -2.36. The maximum Gasteiger partial charge on any atom is 0.338 e. The summed E-state index contributed by atoms with van der Waals surface area (Å²) in [6.07, 6.45) is 0. The molecule has 0 aliphatic rings. The van der Waals surface area contributed by atoms with Crippen LogP contribution in [0.1, 0.15) is 15.9 Å². The highest BCUT2D eigenvalue weighted by molar-refractivity contribution is 5.91. The molecule has 4 heteroatoms. The van der Waals surface area contributed by atoms with E-state index in [9.17, 15) is 9.18 Å². The number of benzene rings is 2. The van der Waals surface area contributed by atoms with Crippen molar-refractivity contribution in [3.05, 3.63) is 53.3 Å². The fraction of sp³-hybridized carbons (Fsp3) is 0.188. The van der Waals surface area contributed by atoms with E-state index in [2.05, 4.69) is 4.74 Å². The first kappa shape index (κ1) is 14.1. The second kappa shape index (κ2) is 5.74. The molecule has 0 unspecified atom stereocenters. The van der Waals surface area contributed by atoms with Crippen molar-refractivity contribution in [2.45, 2.75) is 6.92 Å². The number of carbonyl (C=O) groups excluding carboxylic acids is 1. The highest BCUT2D eigenvalue weighted by Crippen LogP contribution is 2.27. The molecule has 0 aliphatic carbocycles. The molecule has 0 fully saturated rings. The smallest absolute Gasteiger partial charge is 0.338 e. The largest absolute Gasteiger partial charge is 0.497 e. The molecular formula is C16H15FO3. The summed E-state index contributed by atoms with van der Waals surface area (Å²) in [5.74, 6) is -0.298. The Morgan fingerprint density at radius 2 is 1.85 bits per heavy atom. The van der Waals surface area contributed by atoms with Crippen molar-refractivity contribution in [1.29, 1.82) is 0 Å². The van der Waals surface area contributed by atoms with Crippen molar-refractivity contribution in [2.75, 3.05) is 14.2 Å². The highest BCUT2D eigenvalue weighted by atomic mass is 19.1. The number of ether oxygens (including phenoxy) is 2. The Kier molecular flexibility index (Phi) is 4.03. The van der Waals surface area contributed by atoms with Crippen molar-refractivity contribution < 1.29 is 18.7 Å². The maximum absolute atomic E-state index is 14.0. The lowest BCUT2D eigenvalue weighted by molar-refractivity contribution is 0.0600. The molecule has 0 radical (unpaired) electrons. The number of hydrogen-bond acceptors (Lipinski definition) is 3. The van der Waals surface area contributed by atoms with Crippen molar-refractivity contribution in [1.82, 2.24) is 0 Å². The zero-order valence-corrected chi connectivity index (χ0v) is 11.6. The summed E-state index contributed by atoms with van der Waals surface area (Å²) in [5.41, 5.74) is 2.38. The molecule has 0 aromatic heterocycles. The summed E-state index contributed by atoms with van der Waals surface area (Å²) in [5, 5.41) is 0. The third-order valence-corrected chi connectivity index (χ3v) is 3.12. The van der Waals surface area contributed by atoms with Gasteiger partial charge in [0.15, 0.2) is 0 Å². The Morgan fingerprint density at radius 3 is 2.40 bits per heavy atom. The fourth-order valence-electron chi connectivity index (χ4n) is 2.03. The number of rotatable bonds is 3. The minimum Gasteiger partial charge on any atom is -0.497 e. The molecule has 104 valence electrons. The first-order valence-electron chi connectivity index (χ1n) is 6.09. The molecule has 0 spiro atoms. The number of esters is 1. The van der Waals surface area contributed by atoms with Gasteiger partial charge in [0.25, 0.3) is 0 Å². The van der Waals surface area contributed by atoms with Gasteiger partial charge in [0, 0.05) is 11.6 Å². The molecule has 0 bridgehead atoms. The summed E-state index contributed by atoms with van der Waals surface area (Å²) in [4.78, 5) is 11.5. The SMILES string of the molecule is COC(=O)c1ccc(-c2ccc(OC)cc2F)cc1C. The van der Waals surface area contributed by atoms with Gasteiger partial charge in [-0.3, -0.25) is 0 Å². The number of carbonyl (C=O) groups is 1. The van der Waals surface area contributed by atoms with E-state index in [-0.39, 0.29) is 5.82 Å². The lowest BCUT2D eigenvalue weighted by Gasteiger charge is -2.09. The van der Waals surface area contributed by atoms with Gasteiger partial charge in [-0.1, -0.05) is 12.1 Å². The summed E-state index contributed by atoms with van der Waals surface area (Å²) >= 11 is 0. The molecule has 0 atom stereocenters. The normalized spacial score (nSPS) is 10.2. The van der Waals surface area contributed by atoms with E-state index in [0.717, 1.165) is 5.56 Å². The number of aryl methyl sites for hydroxylation is 1. The van der Waals surface area contributed by atoms with Crippen molar-refractivity contribution in [2.24, 2.45) is 0 Å². The van der Waals surface area contributed by atoms with Crippen LogP contribution in [-0.4, -0.2) is 20.2 Å². The summed E-state index contributed by atoms with van der Waals surface area (Å²) in [6, 6.07) is 9.78. The Morgan fingerprint density at radius 1 is 1.10 bits per heavy atom. The molecule has 20 heavy (non-hydrogen) atoms. The van der Waals surface area contributed by atoms with Crippen LogP contribution < -0.4 is 4.74 Å². The van der Waals surface area contributed by atoms with Crippen LogP contribution in [0.15, 0.2) is 36.4 Å². The average Bonchev–Trinajstić information content (AvgIpc) is 2.46.